The Kier molecular flexibility index (Phi) is 6.54. The summed E-state index contributed by atoms with van der Waals surface area (Å²) in [5.74, 6) is 0.480. The first kappa shape index (κ1) is 22.0. The van der Waals surface area contributed by atoms with Crippen LogP contribution in [-0.4, -0.2) is 36.1 Å². The molecule has 0 radical (unpaired) electrons. The maximum atomic E-state index is 14.4. The van der Waals surface area contributed by atoms with Crippen LogP contribution < -0.4 is 15.5 Å². The summed E-state index contributed by atoms with van der Waals surface area (Å²) in [4.78, 5) is 11.5. The van der Waals surface area contributed by atoms with E-state index in [0.717, 1.165) is 37.4 Å². The normalized spacial score (nSPS) is 14.7. The summed E-state index contributed by atoms with van der Waals surface area (Å²) in [7, 11) is 0. The van der Waals surface area contributed by atoms with Crippen LogP contribution in [-0.2, 0) is 0 Å². The lowest BCUT2D eigenvalue weighted by Crippen LogP contribution is -2.43. The summed E-state index contributed by atoms with van der Waals surface area (Å²) >= 11 is 5.87. The van der Waals surface area contributed by atoms with Gasteiger partial charge in [0.1, 0.15) is 23.3 Å². The van der Waals surface area contributed by atoms with Gasteiger partial charge in [-0.2, -0.15) is 5.26 Å². The van der Waals surface area contributed by atoms with Gasteiger partial charge in [-0.1, -0.05) is 17.7 Å². The molecule has 4 rings (SSSR count). The number of nitriles is 1. The van der Waals surface area contributed by atoms with Crippen LogP contribution in [0.15, 0.2) is 42.5 Å². The van der Waals surface area contributed by atoms with Gasteiger partial charge in [-0.25, -0.2) is 14.4 Å². The summed E-state index contributed by atoms with van der Waals surface area (Å²) in [6.07, 6.45) is 0. The molecule has 1 aromatic heterocycles. The Bertz CT molecular complexity index is 1150. The van der Waals surface area contributed by atoms with Crippen molar-refractivity contribution in [1.29, 1.82) is 5.26 Å². The highest BCUT2D eigenvalue weighted by Gasteiger charge is 2.18. The molecule has 3 aromatic rings. The van der Waals surface area contributed by atoms with E-state index < -0.39 is 11.9 Å². The SMILES string of the molecule is Cc1nc(-c2ccc(N3CCNCC3)cc2)nc(N[C@H](C)c2ccc(Cl)cc2F)c1C#N. The third-order valence-corrected chi connectivity index (χ3v) is 5.83. The predicted molar refractivity (Wildman–Crippen MR) is 125 cm³/mol. The standard InChI is InChI=1S/C24H24ClFN6/c1-15(20-8-5-18(25)13-22(20)26)30-24-21(14-27)16(2)29-23(31-24)17-3-6-19(7-4-17)32-11-9-28-10-12-32/h3-8,13,15,28H,9-12H2,1-2H3,(H,29,30,31)/t15-/m1/s1. The number of hydrogen-bond donors (Lipinski definition) is 2. The van der Waals surface area contributed by atoms with E-state index in [-0.39, 0.29) is 0 Å². The topological polar surface area (TPSA) is 76.9 Å². The minimum Gasteiger partial charge on any atom is -0.369 e. The van der Waals surface area contributed by atoms with Gasteiger partial charge in [-0.3, -0.25) is 0 Å². The highest BCUT2D eigenvalue weighted by atomic mass is 35.5. The first-order valence-electron chi connectivity index (χ1n) is 10.5. The number of benzene rings is 2. The van der Waals surface area contributed by atoms with Gasteiger partial charge >= 0.3 is 0 Å². The van der Waals surface area contributed by atoms with Gasteiger partial charge in [0.2, 0.25) is 0 Å². The molecule has 2 aromatic carbocycles. The van der Waals surface area contributed by atoms with Crippen LogP contribution in [0.4, 0.5) is 15.9 Å². The van der Waals surface area contributed by atoms with Gasteiger partial charge in [-0.15, -0.1) is 0 Å². The highest BCUT2D eigenvalue weighted by Crippen LogP contribution is 2.28. The molecule has 1 fully saturated rings. The van der Waals surface area contributed by atoms with Crippen LogP contribution in [0.2, 0.25) is 5.02 Å². The van der Waals surface area contributed by atoms with Crippen molar-refractivity contribution in [2.45, 2.75) is 19.9 Å². The molecular formula is C24H24ClFN6. The smallest absolute Gasteiger partial charge is 0.161 e. The van der Waals surface area contributed by atoms with Gasteiger partial charge in [0.15, 0.2) is 5.82 Å². The third-order valence-electron chi connectivity index (χ3n) is 5.59. The Morgan fingerprint density at radius 1 is 1.16 bits per heavy atom. The van der Waals surface area contributed by atoms with Crippen molar-refractivity contribution in [2.24, 2.45) is 0 Å². The average molecular weight is 451 g/mol. The number of rotatable bonds is 5. The molecule has 1 aliphatic rings. The third kappa shape index (κ3) is 4.67. The Hall–Kier alpha value is -3.21. The van der Waals surface area contributed by atoms with Crippen LogP contribution in [0.1, 0.15) is 29.8 Å². The molecule has 1 saturated heterocycles. The summed E-state index contributed by atoms with van der Waals surface area (Å²) in [5.41, 5.74) is 3.36. The van der Waals surface area contributed by atoms with Gasteiger partial charge in [-0.05, 0) is 50.2 Å². The minimum absolute atomic E-state index is 0.334. The number of piperazine rings is 1. The summed E-state index contributed by atoms with van der Waals surface area (Å²) in [6.45, 7) is 7.48. The van der Waals surface area contributed by atoms with Crippen molar-refractivity contribution in [3.63, 3.8) is 0 Å². The van der Waals surface area contributed by atoms with E-state index in [4.69, 9.17) is 11.6 Å². The van der Waals surface area contributed by atoms with Gasteiger partial charge in [0.25, 0.3) is 0 Å². The lowest BCUT2D eigenvalue weighted by molar-refractivity contribution is 0.589. The first-order chi connectivity index (χ1) is 15.5. The van der Waals surface area contributed by atoms with Crippen LogP contribution in [0.25, 0.3) is 11.4 Å². The molecule has 2 heterocycles. The van der Waals surface area contributed by atoms with Crippen LogP contribution >= 0.6 is 11.6 Å². The quantitative estimate of drug-likeness (QED) is 0.586. The lowest BCUT2D eigenvalue weighted by Gasteiger charge is -2.29. The maximum absolute atomic E-state index is 14.4. The second-order valence-electron chi connectivity index (χ2n) is 7.78. The highest BCUT2D eigenvalue weighted by molar-refractivity contribution is 6.30. The molecule has 1 atom stereocenters. The number of anilines is 2. The Morgan fingerprint density at radius 2 is 1.88 bits per heavy atom. The monoisotopic (exact) mass is 450 g/mol. The molecule has 0 spiro atoms. The Balaban J connectivity index is 1.63. The zero-order chi connectivity index (χ0) is 22.7. The largest absolute Gasteiger partial charge is 0.369 e. The van der Waals surface area contributed by atoms with E-state index in [1.165, 1.54) is 6.07 Å². The molecule has 2 N–H and O–H groups in total. The first-order valence-corrected chi connectivity index (χ1v) is 10.9. The number of nitrogens with one attached hydrogen (secondary N) is 2. The number of hydrogen-bond acceptors (Lipinski definition) is 6. The van der Waals surface area contributed by atoms with E-state index in [9.17, 15) is 9.65 Å². The Morgan fingerprint density at radius 3 is 2.53 bits per heavy atom. The summed E-state index contributed by atoms with van der Waals surface area (Å²) in [6, 6.07) is 14.4. The van der Waals surface area contributed by atoms with E-state index in [0.29, 0.717) is 33.5 Å². The molecule has 0 amide bonds. The molecule has 164 valence electrons. The van der Waals surface area contributed by atoms with Gasteiger partial charge in [0.05, 0.1) is 11.7 Å². The molecule has 32 heavy (non-hydrogen) atoms. The van der Waals surface area contributed by atoms with Crippen molar-refractivity contribution < 1.29 is 4.39 Å². The average Bonchev–Trinajstić information content (AvgIpc) is 2.79. The van der Waals surface area contributed by atoms with E-state index in [2.05, 4.69) is 43.7 Å². The number of nitrogens with zero attached hydrogens (tertiary/aromatic N) is 4. The van der Waals surface area contributed by atoms with Crippen LogP contribution in [0.5, 0.6) is 0 Å². The lowest BCUT2D eigenvalue weighted by atomic mass is 10.1. The van der Waals surface area contributed by atoms with Crippen LogP contribution in [0, 0.1) is 24.1 Å². The minimum atomic E-state index is -0.420. The van der Waals surface area contributed by atoms with Crippen LogP contribution in [0.3, 0.4) is 0 Å². The van der Waals surface area contributed by atoms with Crippen molar-refractivity contribution >= 4 is 23.1 Å². The van der Waals surface area contributed by atoms with Gasteiger partial charge in [0, 0.05) is 48.0 Å². The maximum Gasteiger partial charge on any atom is 0.161 e. The van der Waals surface area contributed by atoms with Crippen molar-refractivity contribution in [3.8, 4) is 17.5 Å². The second-order valence-corrected chi connectivity index (χ2v) is 8.22. The molecule has 0 saturated carbocycles. The molecule has 0 aliphatic carbocycles. The molecule has 8 heteroatoms. The van der Waals surface area contributed by atoms with E-state index in [1.807, 2.05) is 19.1 Å². The van der Waals surface area contributed by atoms with Crippen molar-refractivity contribution in [1.82, 2.24) is 15.3 Å². The summed E-state index contributed by atoms with van der Waals surface area (Å²) < 4.78 is 14.4. The fourth-order valence-electron chi connectivity index (χ4n) is 3.82. The predicted octanol–water partition coefficient (Wildman–Crippen LogP) is 4.70. The molecule has 1 aliphatic heterocycles. The van der Waals surface area contributed by atoms with Crippen molar-refractivity contribution in [2.75, 3.05) is 36.4 Å². The number of aryl methyl sites for hydroxylation is 1. The molecule has 6 nitrogen and oxygen atoms in total. The molecular weight excluding hydrogens is 427 g/mol. The fourth-order valence-corrected chi connectivity index (χ4v) is 3.98. The second kappa shape index (κ2) is 9.51. The fraction of sp³-hybridized carbons (Fsp3) is 0.292. The molecule has 0 unspecified atom stereocenters. The summed E-state index contributed by atoms with van der Waals surface area (Å²) in [5, 5.41) is 16.5. The molecule has 0 bridgehead atoms. The number of halogens is 2. The van der Waals surface area contributed by atoms with E-state index >= 15 is 0 Å². The van der Waals surface area contributed by atoms with E-state index in [1.54, 1.807) is 19.1 Å². The van der Waals surface area contributed by atoms with Crippen molar-refractivity contribution in [3.05, 3.63) is 70.1 Å². The number of aromatic nitrogens is 2. The van der Waals surface area contributed by atoms with Gasteiger partial charge < -0.3 is 15.5 Å². The Labute approximate surface area is 192 Å². The zero-order valence-corrected chi connectivity index (χ0v) is 18.7. The zero-order valence-electron chi connectivity index (χ0n) is 18.0.